The Hall–Kier alpha value is -1.04. The highest BCUT2D eigenvalue weighted by Gasteiger charge is 2.19. The lowest BCUT2D eigenvalue weighted by molar-refractivity contribution is -0.119. The minimum atomic E-state index is 0.0789. The predicted octanol–water partition coefficient (Wildman–Crippen LogP) is 0.179. The zero-order valence-corrected chi connectivity index (χ0v) is 5.05. The quantitative estimate of drug-likeness (QED) is 0.542. The highest BCUT2D eigenvalue weighted by atomic mass is 16.1. The molecule has 3 heteroatoms. The second kappa shape index (κ2) is 2.49. The van der Waals surface area contributed by atoms with Gasteiger partial charge in [-0.25, -0.2) is 0 Å². The smallest absolute Gasteiger partial charge is 0.220 e. The van der Waals surface area contributed by atoms with E-state index in [0.29, 0.717) is 12.8 Å². The summed E-state index contributed by atoms with van der Waals surface area (Å²) in [6.45, 7) is 0. The fourth-order valence-electron chi connectivity index (χ4n) is 0.941. The molecule has 1 unspecified atom stereocenters. The first-order chi connectivity index (χ1) is 4.33. The maximum Gasteiger partial charge on any atom is 0.220 e. The van der Waals surface area contributed by atoms with Crippen LogP contribution in [0.15, 0.2) is 0 Å². The highest BCUT2D eigenvalue weighted by Crippen LogP contribution is 2.08. The Kier molecular flexibility index (Phi) is 1.69. The number of hydrogen-bond donors (Lipinski definition) is 1. The van der Waals surface area contributed by atoms with Crippen LogP contribution in [-0.2, 0) is 4.79 Å². The van der Waals surface area contributed by atoms with Crippen molar-refractivity contribution in [2.24, 2.45) is 0 Å². The van der Waals surface area contributed by atoms with Gasteiger partial charge in [-0.2, -0.15) is 5.26 Å². The van der Waals surface area contributed by atoms with Crippen molar-refractivity contribution in [3.8, 4) is 6.07 Å². The Bertz CT molecular complexity index is 159. The lowest BCUT2D eigenvalue weighted by atomic mass is 10.2. The van der Waals surface area contributed by atoms with Crippen LogP contribution < -0.4 is 5.32 Å². The Morgan fingerprint density at radius 1 is 1.89 bits per heavy atom. The van der Waals surface area contributed by atoms with Crippen molar-refractivity contribution in [3.63, 3.8) is 0 Å². The Labute approximate surface area is 53.7 Å². The molecule has 1 saturated heterocycles. The molecule has 1 heterocycles. The third-order valence-electron chi connectivity index (χ3n) is 1.42. The summed E-state index contributed by atoms with van der Waals surface area (Å²) in [7, 11) is 0. The third kappa shape index (κ3) is 1.43. The van der Waals surface area contributed by atoms with E-state index < -0.39 is 0 Å². The van der Waals surface area contributed by atoms with Crippen LogP contribution in [0.25, 0.3) is 0 Å². The lowest BCUT2D eigenvalue weighted by Crippen LogP contribution is -2.24. The fraction of sp³-hybridized carbons (Fsp3) is 0.667. The average Bonchev–Trinajstić information content (AvgIpc) is 2.17. The first kappa shape index (κ1) is 6.09. The van der Waals surface area contributed by atoms with E-state index in [4.69, 9.17) is 5.26 Å². The molecule has 9 heavy (non-hydrogen) atoms. The predicted molar refractivity (Wildman–Crippen MR) is 31.4 cm³/mol. The largest absolute Gasteiger partial charge is 0.352 e. The van der Waals surface area contributed by atoms with Crippen molar-refractivity contribution < 1.29 is 4.79 Å². The van der Waals surface area contributed by atoms with E-state index in [2.05, 4.69) is 5.32 Å². The molecule has 0 spiro atoms. The van der Waals surface area contributed by atoms with Gasteiger partial charge in [0, 0.05) is 12.5 Å². The molecule has 0 saturated carbocycles. The minimum absolute atomic E-state index is 0.0789. The van der Waals surface area contributed by atoms with Crippen LogP contribution in [0.4, 0.5) is 0 Å². The molecular formula is C6H8N2O. The van der Waals surface area contributed by atoms with Gasteiger partial charge in [-0.1, -0.05) is 0 Å². The van der Waals surface area contributed by atoms with Crippen molar-refractivity contribution in [2.75, 3.05) is 0 Å². The number of carbonyl (C=O) groups excluding carboxylic acids is 1. The molecule has 0 aromatic rings. The topological polar surface area (TPSA) is 52.9 Å². The number of nitrogens with one attached hydrogen (secondary N) is 1. The van der Waals surface area contributed by atoms with E-state index >= 15 is 0 Å². The normalized spacial score (nSPS) is 25.2. The zero-order valence-electron chi connectivity index (χ0n) is 5.05. The van der Waals surface area contributed by atoms with Gasteiger partial charge < -0.3 is 5.32 Å². The summed E-state index contributed by atoms with van der Waals surface area (Å²) in [4.78, 5) is 10.5. The monoisotopic (exact) mass is 124 g/mol. The van der Waals surface area contributed by atoms with Gasteiger partial charge in [-0.3, -0.25) is 4.79 Å². The summed E-state index contributed by atoms with van der Waals surface area (Å²) in [5.41, 5.74) is 0. The molecule has 48 valence electrons. The van der Waals surface area contributed by atoms with Crippen molar-refractivity contribution in [2.45, 2.75) is 25.3 Å². The molecule has 1 atom stereocenters. The Morgan fingerprint density at radius 3 is 3.11 bits per heavy atom. The maximum absolute atomic E-state index is 10.5. The summed E-state index contributed by atoms with van der Waals surface area (Å²) in [6.07, 6.45) is 1.87. The second-order valence-corrected chi connectivity index (χ2v) is 2.17. The maximum atomic E-state index is 10.5. The SMILES string of the molecule is N#CCC1CCC(=O)N1. The van der Waals surface area contributed by atoms with Crippen LogP contribution in [0.2, 0.25) is 0 Å². The van der Waals surface area contributed by atoms with E-state index in [1.807, 2.05) is 6.07 Å². The van der Waals surface area contributed by atoms with Crippen molar-refractivity contribution in [1.29, 1.82) is 5.26 Å². The van der Waals surface area contributed by atoms with Gasteiger partial charge >= 0.3 is 0 Å². The van der Waals surface area contributed by atoms with Gasteiger partial charge in [0.25, 0.3) is 0 Å². The van der Waals surface area contributed by atoms with E-state index in [9.17, 15) is 4.79 Å². The number of nitriles is 1. The first-order valence-electron chi connectivity index (χ1n) is 2.99. The second-order valence-electron chi connectivity index (χ2n) is 2.17. The van der Waals surface area contributed by atoms with E-state index in [1.165, 1.54) is 0 Å². The van der Waals surface area contributed by atoms with Crippen LogP contribution >= 0.6 is 0 Å². The fourth-order valence-corrected chi connectivity index (χ4v) is 0.941. The van der Waals surface area contributed by atoms with Gasteiger partial charge in [-0.05, 0) is 6.42 Å². The molecule has 1 aliphatic rings. The number of carbonyl (C=O) groups is 1. The van der Waals surface area contributed by atoms with Crippen molar-refractivity contribution in [3.05, 3.63) is 0 Å². The van der Waals surface area contributed by atoms with E-state index in [1.54, 1.807) is 0 Å². The summed E-state index contributed by atoms with van der Waals surface area (Å²) in [5, 5.41) is 10.9. The molecule has 0 aromatic heterocycles. The van der Waals surface area contributed by atoms with Crippen LogP contribution in [-0.4, -0.2) is 11.9 Å². The molecular weight excluding hydrogens is 116 g/mol. The number of amides is 1. The molecule has 1 fully saturated rings. The molecule has 1 rings (SSSR count). The molecule has 0 radical (unpaired) electrons. The molecule has 0 bridgehead atoms. The van der Waals surface area contributed by atoms with Gasteiger partial charge in [-0.15, -0.1) is 0 Å². The van der Waals surface area contributed by atoms with Crippen molar-refractivity contribution in [1.82, 2.24) is 5.32 Å². The van der Waals surface area contributed by atoms with Crippen LogP contribution in [0, 0.1) is 11.3 Å². The number of hydrogen-bond acceptors (Lipinski definition) is 2. The zero-order chi connectivity index (χ0) is 6.69. The van der Waals surface area contributed by atoms with E-state index in [-0.39, 0.29) is 11.9 Å². The van der Waals surface area contributed by atoms with Gasteiger partial charge in [0.2, 0.25) is 5.91 Å². The van der Waals surface area contributed by atoms with Gasteiger partial charge in [0.1, 0.15) is 0 Å². The van der Waals surface area contributed by atoms with Gasteiger partial charge in [0.15, 0.2) is 0 Å². The van der Waals surface area contributed by atoms with Gasteiger partial charge in [0.05, 0.1) is 12.5 Å². The van der Waals surface area contributed by atoms with Crippen LogP contribution in [0.1, 0.15) is 19.3 Å². The summed E-state index contributed by atoms with van der Waals surface area (Å²) >= 11 is 0. The summed E-state index contributed by atoms with van der Waals surface area (Å²) in [5.74, 6) is 0.0789. The molecule has 3 nitrogen and oxygen atoms in total. The summed E-state index contributed by atoms with van der Waals surface area (Å²) < 4.78 is 0. The molecule has 1 N–H and O–H groups in total. The number of nitrogens with zero attached hydrogens (tertiary/aromatic N) is 1. The molecule has 0 aromatic carbocycles. The minimum Gasteiger partial charge on any atom is -0.352 e. The first-order valence-corrected chi connectivity index (χ1v) is 2.99. The summed E-state index contributed by atoms with van der Waals surface area (Å²) in [6, 6.07) is 2.14. The number of rotatable bonds is 1. The molecule has 1 aliphatic heterocycles. The molecule has 1 amide bonds. The van der Waals surface area contributed by atoms with Crippen LogP contribution in [0.5, 0.6) is 0 Å². The van der Waals surface area contributed by atoms with Crippen molar-refractivity contribution >= 4 is 5.91 Å². The highest BCUT2D eigenvalue weighted by molar-refractivity contribution is 5.78. The molecule has 0 aliphatic carbocycles. The third-order valence-corrected chi connectivity index (χ3v) is 1.42. The average molecular weight is 124 g/mol. The Morgan fingerprint density at radius 2 is 2.67 bits per heavy atom. The van der Waals surface area contributed by atoms with E-state index in [0.717, 1.165) is 6.42 Å². The lowest BCUT2D eigenvalue weighted by Gasteiger charge is -2.00. The Balaban J connectivity index is 2.32. The standard InChI is InChI=1S/C6H8N2O/c7-4-3-5-1-2-6(9)8-5/h5H,1-3H2,(H,8,9). The van der Waals surface area contributed by atoms with Crippen LogP contribution in [0.3, 0.4) is 0 Å².